The van der Waals surface area contributed by atoms with E-state index in [0.29, 0.717) is 17.6 Å². The molecule has 22 heavy (non-hydrogen) atoms. The zero-order valence-electron chi connectivity index (χ0n) is 13.2. The average Bonchev–Trinajstić information content (AvgIpc) is 2.52. The highest BCUT2D eigenvalue weighted by Crippen LogP contribution is 2.15. The summed E-state index contributed by atoms with van der Waals surface area (Å²) in [5, 5.41) is 8.62. The fourth-order valence-corrected chi connectivity index (χ4v) is 1.89. The number of esters is 1. The first-order chi connectivity index (χ1) is 10.5. The molecule has 120 valence electrons. The van der Waals surface area contributed by atoms with Crippen molar-refractivity contribution in [2.45, 2.75) is 19.8 Å². The Hall–Kier alpha value is -2.14. The molecule has 0 saturated heterocycles. The number of hydrogen-bond donors (Lipinski definition) is 1. The van der Waals surface area contributed by atoms with Gasteiger partial charge in [0.25, 0.3) is 0 Å². The smallest absolute Gasteiger partial charge is 0.338 e. The van der Waals surface area contributed by atoms with Gasteiger partial charge >= 0.3 is 5.97 Å². The fraction of sp³-hybridized carbons (Fsp3) is 0.412. The van der Waals surface area contributed by atoms with E-state index in [4.69, 9.17) is 9.84 Å². The Morgan fingerprint density at radius 1 is 1.27 bits per heavy atom. The minimum atomic E-state index is -0.449. The van der Waals surface area contributed by atoms with Crippen LogP contribution in [0.5, 0.6) is 0 Å². The first-order valence-electron chi connectivity index (χ1n) is 7.23. The maximum Gasteiger partial charge on any atom is 0.338 e. The van der Waals surface area contributed by atoms with Crippen molar-refractivity contribution in [1.29, 1.82) is 0 Å². The number of rotatable bonds is 9. The van der Waals surface area contributed by atoms with Crippen LogP contribution in [0.4, 0.5) is 5.69 Å². The summed E-state index contributed by atoms with van der Waals surface area (Å²) in [5.41, 5.74) is 2.00. The molecule has 0 aliphatic carbocycles. The second-order valence-electron chi connectivity index (χ2n) is 5.14. The van der Waals surface area contributed by atoms with E-state index in [-0.39, 0.29) is 19.0 Å². The lowest BCUT2D eigenvalue weighted by Crippen LogP contribution is -2.19. The van der Waals surface area contributed by atoms with Gasteiger partial charge in [0, 0.05) is 25.7 Å². The first kappa shape index (κ1) is 17.9. The first-order valence-corrected chi connectivity index (χ1v) is 7.23. The lowest BCUT2D eigenvalue weighted by Gasteiger charge is -2.19. The Kier molecular flexibility index (Phi) is 7.32. The largest absolute Gasteiger partial charge is 0.460 e. The molecule has 0 unspecified atom stereocenters. The van der Waals surface area contributed by atoms with Crippen molar-refractivity contribution in [1.82, 2.24) is 0 Å². The molecule has 5 heteroatoms. The summed E-state index contributed by atoms with van der Waals surface area (Å²) in [6.45, 7) is 5.91. The molecule has 0 aliphatic rings. The number of ether oxygens (including phenoxy) is 1. The van der Waals surface area contributed by atoms with E-state index >= 15 is 0 Å². The van der Waals surface area contributed by atoms with Crippen LogP contribution in [0, 0.1) is 0 Å². The van der Waals surface area contributed by atoms with E-state index in [1.54, 1.807) is 19.1 Å². The molecule has 1 rings (SSSR count). The molecule has 0 spiro atoms. The maximum absolute atomic E-state index is 11.6. The number of aliphatic hydroxyl groups is 1. The number of aliphatic hydroxyl groups excluding tert-OH is 1. The van der Waals surface area contributed by atoms with Gasteiger partial charge in [-0.1, -0.05) is 6.58 Å². The SMILES string of the molecule is C=C(C)C(=O)CCCN(C)c1ccc(C(=O)OCCO)cc1. The molecule has 0 saturated carbocycles. The minimum absolute atomic E-state index is 0.00274. The third-order valence-corrected chi connectivity index (χ3v) is 3.24. The summed E-state index contributed by atoms with van der Waals surface area (Å²) in [4.78, 5) is 25.1. The van der Waals surface area contributed by atoms with Gasteiger partial charge in [-0.2, -0.15) is 0 Å². The third-order valence-electron chi connectivity index (χ3n) is 3.24. The van der Waals surface area contributed by atoms with Gasteiger partial charge in [-0.15, -0.1) is 0 Å². The number of carbonyl (C=O) groups excluding carboxylic acids is 2. The molecule has 1 aromatic rings. The predicted octanol–water partition coefficient (Wildman–Crippen LogP) is 2.20. The summed E-state index contributed by atoms with van der Waals surface area (Å²) in [5.74, 6) is -0.356. The highest BCUT2D eigenvalue weighted by molar-refractivity contribution is 5.94. The van der Waals surface area contributed by atoms with Crippen molar-refractivity contribution in [2.24, 2.45) is 0 Å². The van der Waals surface area contributed by atoms with Crippen LogP contribution >= 0.6 is 0 Å². The van der Waals surface area contributed by atoms with Crippen LogP contribution in [0.1, 0.15) is 30.1 Å². The Morgan fingerprint density at radius 3 is 2.45 bits per heavy atom. The maximum atomic E-state index is 11.6. The number of anilines is 1. The lowest BCUT2D eigenvalue weighted by atomic mass is 10.1. The van der Waals surface area contributed by atoms with Gasteiger partial charge in [0.15, 0.2) is 5.78 Å². The number of carbonyl (C=O) groups is 2. The van der Waals surface area contributed by atoms with Gasteiger partial charge < -0.3 is 14.7 Å². The number of allylic oxidation sites excluding steroid dienone is 1. The number of hydrogen-bond acceptors (Lipinski definition) is 5. The zero-order chi connectivity index (χ0) is 16.5. The topological polar surface area (TPSA) is 66.8 Å². The second-order valence-corrected chi connectivity index (χ2v) is 5.14. The Morgan fingerprint density at radius 2 is 1.91 bits per heavy atom. The number of nitrogens with zero attached hydrogens (tertiary/aromatic N) is 1. The molecule has 0 aliphatic heterocycles. The fourth-order valence-electron chi connectivity index (χ4n) is 1.89. The second kappa shape index (κ2) is 9.00. The van der Waals surface area contributed by atoms with Crippen molar-refractivity contribution in [2.75, 3.05) is 31.7 Å². The van der Waals surface area contributed by atoms with Gasteiger partial charge in [0.05, 0.1) is 12.2 Å². The van der Waals surface area contributed by atoms with Crippen molar-refractivity contribution in [3.8, 4) is 0 Å². The summed E-state index contributed by atoms with van der Waals surface area (Å²) in [7, 11) is 1.93. The summed E-state index contributed by atoms with van der Waals surface area (Å²) >= 11 is 0. The Bertz CT molecular complexity index is 522. The van der Waals surface area contributed by atoms with Gasteiger partial charge in [-0.05, 0) is 43.2 Å². The van der Waals surface area contributed by atoms with Gasteiger partial charge in [-0.25, -0.2) is 4.79 Å². The lowest BCUT2D eigenvalue weighted by molar-refractivity contribution is -0.115. The van der Waals surface area contributed by atoms with Gasteiger partial charge in [0.2, 0.25) is 0 Å². The van der Waals surface area contributed by atoms with E-state index in [9.17, 15) is 9.59 Å². The summed E-state index contributed by atoms with van der Waals surface area (Å²) < 4.78 is 4.84. The van der Waals surface area contributed by atoms with Crippen LogP contribution in [-0.4, -0.2) is 43.7 Å². The molecule has 0 atom stereocenters. The van der Waals surface area contributed by atoms with Crippen molar-refractivity contribution in [3.63, 3.8) is 0 Å². The van der Waals surface area contributed by atoms with Crippen LogP contribution < -0.4 is 4.90 Å². The summed E-state index contributed by atoms with van der Waals surface area (Å²) in [6.07, 6.45) is 1.24. The van der Waals surface area contributed by atoms with Crippen LogP contribution in [0.15, 0.2) is 36.4 Å². The van der Waals surface area contributed by atoms with Crippen LogP contribution in [0.2, 0.25) is 0 Å². The summed E-state index contributed by atoms with van der Waals surface area (Å²) in [6, 6.07) is 7.03. The highest BCUT2D eigenvalue weighted by Gasteiger charge is 2.08. The molecule has 1 N–H and O–H groups in total. The molecule has 0 radical (unpaired) electrons. The number of ketones is 1. The van der Waals surface area contributed by atoms with Crippen molar-refractivity contribution in [3.05, 3.63) is 42.0 Å². The molecule has 0 bridgehead atoms. The van der Waals surface area contributed by atoms with Gasteiger partial charge in [-0.3, -0.25) is 4.79 Å². The highest BCUT2D eigenvalue weighted by atomic mass is 16.5. The average molecular weight is 305 g/mol. The molecule has 0 fully saturated rings. The zero-order valence-corrected chi connectivity index (χ0v) is 13.2. The van der Waals surface area contributed by atoms with Crippen LogP contribution in [-0.2, 0) is 9.53 Å². The quantitative estimate of drug-likeness (QED) is 0.559. The van der Waals surface area contributed by atoms with E-state index in [1.165, 1.54) is 0 Å². The molecule has 0 aromatic heterocycles. The van der Waals surface area contributed by atoms with Crippen LogP contribution in [0.3, 0.4) is 0 Å². The van der Waals surface area contributed by atoms with Gasteiger partial charge in [0.1, 0.15) is 6.61 Å². The monoisotopic (exact) mass is 305 g/mol. The molecule has 0 amide bonds. The third kappa shape index (κ3) is 5.69. The number of Topliss-reactive ketones (excluding diaryl/α,β-unsaturated/α-hetero) is 1. The Balaban J connectivity index is 2.50. The minimum Gasteiger partial charge on any atom is -0.460 e. The predicted molar refractivity (Wildman–Crippen MR) is 86.1 cm³/mol. The Labute approximate surface area is 131 Å². The standard InChI is InChI=1S/C17H23NO4/c1-13(2)16(20)5-4-10-18(3)15-8-6-14(7-9-15)17(21)22-12-11-19/h6-9,19H,1,4-5,10-12H2,2-3H3. The number of benzene rings is 1. The molecule has 1 aromatic carbocycles. The van der Waals surface area contributed by atoms with E-state index in [0.717, 1.165) is 18.7 Å². The molecule has 0 heterocycles. The normalized spacial score (nSPS) is 10.1. The molecular formula is C17H23NO4. The molecular weight excluding hydrogens is 282 g/mol. The van der Waals surface area contributed by atoms with E-state index < -0.39 is 5.97 Å². The van der Waals surface area contributed by atoms with E-state index in [2.05, 4.69) is 6.58 Å². The van der Waals surface area contributed by atoms with Crippen LogP contribution in [0.25, 0.3) is 0 Å². The van der Waals surface area contributed by atoms with E-state index in [1.807, 2.05) is 24.1 Å². The van der Waals surface area contributed by atoms with Crippen molar-refractivity contribution < 1.29 is 19.4 Å². The van der Waals surface area contributed by atoms with Crippen molar-refractivity contribution >= 4 is 17.4 Å². The molecule has 5 nitrogen and oxygen atoms in total.